The van der Waals surface area contributed by atoms with E-state index in [2.05, 4.69) is 20.8 Å². The van der Waals surface area contributed by atoms with Crippen molar-refractivity contribution >= 4 is 17.7 Å². The van der Waals surface area contributed by atoms with E-state index in [4.69, 9.17) is 28.8 Å². The number of rotatable bonds is 7. The number of fused-ring (bicyclic) bond motifs is 4. The minimum Gasteiger partial charge on any atom is -0.481 e. The summed E-state index contributed by atoms with van der Waals surface area (Å²) in [5.74, 6) is -1.17. The van der Waals surface area contributed by atoms with Gasteiger partial charge in [-0.3, -0.25) is 9.59 Å². The van der Waals surface area contributed by atoms with Crippen molar-refractivity contribution in [2.75, 3.05) is 13.2 Å². The molecule has 3 aliphatic carbocycles. The second-order valence-electron chi connectivity index (χ2n) is 11.6. The van der Waals surface area contributed by atoms with E-state index in [1.54, 1.807) is 0 Å². The van der Waals surface area contributed by atoms with Crippen LogP contribution in [0.3, 0.4) is 0 Å². The Balaban J connectivity index is 1.25. The molecule has 34 heavy (non-hydrogen) atoms. The molecule has 7 rings (SSSR count). The van der Waals surface area contributed by atoms with E-state index in [0.717, 1.165) is 24.0 Å². The largest absolute Gasteiger partial charge is 0.481 e. The Morgan fingerprint density at radius 2 is 1.97 bits per heavy atom. The van der Waals surface area contributed by atoms with E-state index in [1.165, 1.54) is 0 Å². The molecule has 0 radical (unpaired) electrons. The van der Waals surface area contributed by atoms with Gasteiger partial charge in [-0.25, -0.2) is 4.79 Å². The van der Waals surface area contributed by atoms with Gasteiger partial charge in [0.1, 0.15) is 42.7 Å². The molecule has 0 bridgehead atoms. The third kappa shape index (κ3) is 2.20. The van der Waals surface area contributed by atoms with E-state index < -0.39 is 28.9 Å². The number of cyclic esters (lactones) is 1. The van der Waals surface area contributed by atoms with Gasteiger partial charge >= 0.3 is 11.9 Å². The van der Waals surface area contributed by atoms with E-state index in [0.29, 0.717) is 13.0 Å². The van der Waals surface area contributed by atoms with Crippen molar-refractivity contribution in [2.45, 2.75) is 94.1 Å². The maximum Gasteiger partial charge on any atom is 0.334 e. The normalized spacial score (nSPS) is 50.8. The standard InChI is InChI=1S/C25H30O9/c1-11(2)23-18(33-23)19-25(34-19)22(3)7-6-13-14(10-30-20(13)29)15(22)8-16-24(25,32-16)21(23)31-9-12(26)4-5-17(27)28/h11,15-16,18-19,21H,4-10H2,1-3H3,(H,27,28)/t15-,16-,18-,19-,21+,22-,23-,24+,25+/m0/s1. The summed E-state index contributed by atoms with van der Waals surface area (Å²) in [6.45, 7) is 6.63. The van der Waals surface area contributed by atoms with E-state index in [1.807, 2.05) is 0 Å². The Bertz CT molecular complexity index is 1060. The average molecular weight is 475 g/mol. The third-order valence-electron chi connectivity index (χ3n) is 10.1. The summed E-state index contributed by atoms with van der Waals surface area (Å²) in [7, 11) is 0. The lowest BCUT2D eigenvalue weighted by Crippen LogP contribution is -2.69. The van der Waals surface area contributed by atoms with Crippen molar-refractivity contribution in [3.05, 3.63) is 11.1 Å². The van der Waals surface area contributed by atoms with Crippen LogP contribution in [0.5, 0.6) is 0 Å². The summed E-state index contributed by atoms with van der Waals surface area (Å²) in [6, 6.07) is 0. The molecule has 0 aromatic rings. The van der Waals surface area contributed by atoms with E-state index in [-0.39, 0.29) is 66.8 Å². The zero-order valence-corrected chi connectivity index (χ0v) is 19.6. The Morgan fingerprint density at radius 1 is 1.18 bits per heavy atom. The van der Waals surface area contributed by atoms with Crippen LogP contribution in [-0.2, 0) is 38.1 Å². The van der Waals surface area contributed by atoms with E-state index in [9.17, 15) is 14.4 Å². The first kappa shape index (κ1) is 21.5. The quantitative estimate of drug-likeness (QED) is 0.432. The minimum absolute atomic E-state index is 0.0622. The van der Waals surface area contributed by atoms with Crippen LogP contribution in [0.15, 0.2) is 11.1 Å². The number of Topliss-reactive ketones (excluding diaryl/α,β-unsaturated/α-hetero) is 1. The fourth-order valence-electron chi connectivity index (χ4n) is 8.41. The number of carbonyl (C=O) groups excluding carboxylic acids is 2. The minimum atomic E-state index is -1.00. The van der Waals surface area contributed by atoms with Crippen LogP contribution in [0.1, 0.15) is 52.9 Å². The molecule has 184 valence electrons. The van der Waals surface area contributed by atoms with Crippen molar-refractivity contribution in [1.29, 1.82) is 0 Å². The van der Waals surface area contributed by atoms with Gasteiger partial charge in [0.2, 0.25) is 0 Å². The molecule has 2 saturated carbocycles. The van der Waals surface area contributed by atoms with Crippen LogP contribution in [-0.4, -0.2) is 77.3 Å². The van der Waals surface area contributed by atoms with Gasteiger partial charge < -0.3 is 28.8 Å². The fraction of sp³-hybridized carbons (Fsp3) is 0.800. The van der Waals surface area contributed by atoms with Crippen molar-refractivity contribution in [2.24, 2.45) is 17.3 Å². The first-order chi connectivity index (χ1) is 16.1. The fourth-order valence-corrected chi connectivity index (χ4v) is 8.41. The monoisotopic (exact) mass is 474 g/mol. The predicted molar refractivity (Wildman–Crippen MR) is 113 cm³/mol. The molecule has 2 spiro atoms. The summed E-state index contributed by atoms with van der Waals surface area (Å²) in [5, 5.41) is 8.92. The predicted octanol–water partition coefficient (Wildman–Crippen LogP) is 1.56. The molecular formula is C25H30O9. The summed E-state index contributed by atoms with van der Waals surface area (Å²) in [6.07, 6.45) is 1.13. The molecule has 0 amide bonds. The highest BCUT2D eigenvalue weighted by Gasteiger charge is 3.00. The number of aliphatic carboxylic acids is 1. The van der Waals surface area contributed by atoms with Crippen LogP contribution in [0, 0.1) is 17.3 Å². The molecule has 0 aromatic heterocycles. The average Bonchev–Trinajstić information content (AvgIpc) is 3.68. The number of carboxylic acids is 1. The SMILES string of the molecule is CC(C)[C@]12O[C@H]1[C@@H]1O[C@]13[C@]1(O[C@H]1C[C@H]1C4=C(CC[C@@]13C)C(=O)OC4)[C@@H]2OCC(=O)CCC(=O)O. The Morgan fingerprint density at radius 3 is 2.71 bits per heavy atom. The van der Waals surface area contributed by atoms with Crippen molar-refractivity contribution in [3.63, 3.8) is 0 Å². The summed E-state index contributed by atoms with van der Waals surface area (Å²) in [4.78, 5) is 35.6. The molecule has 3 saturated heterocycles. The summed E-state index contributed by atoms with van der Waals surface area (Å²) in [5.41, 5.74) is -0.204. The number of ether oxygens (including phenoxy) is 5. The molecule has 7 aliphatic rings. The molecule has 1 N–H and O–H groups in total. The molecule has 4 aliphatic heterocycles. The molecule has 0 unspecified atom stereocenters. The highest BCUT2D eigenvalue weighted by molar-refractivity contribution is 5.92. The maximum absolute atomic E-state index is 12.4. The number of carboxylic acid groups (broad SMARTS) is 1. The van der Waals surface area contributed by atoms with E-state index >= 15 is 0 Å². The van der Waals surface area contributed by atoms with Crippen molar-refractivity contribution in [1.82, 2.24) is 0 Å². The lowest BCUT2D eigenvalue weighted by atomic mass is 9.46. The van der Waals surface area contributed by atoms with Gasteiger partial charge in [0.05, 0.1) is 12.5 Å². The second-order valence-corrected chi connectivity index (χ2v) is 11.6. The Kier molecular flexibility index (Phi) is 3.98. The molecule has 9 atom stereocenters. The number of esters is 1. The van der Waals surface area contributed by atoms with Crippen LogP contribution < -0.4 is 0 Å². The molecular weight excluding hydrogens is 444 g/mol. The molecule has 0 aromatic carbocycles. The van der Waals surface area contributed by atoms with Gasteiger partial charge in [0.15, 0.2) is 11.4 Å². The Labute approximate surface area is 197 Å². The number of hydrogen-bond donors (Lipinski definition) is 1. The summed E-state index contributed by atoms with van der Waals surface area (Å²) < 4.78 is 31.4. The highest BCUT2D eigenvalue weighted by Crippen LogP contribution is 2.83. The smallest absolute Gasteiger partial charge is 0.334 e. The highest BCUT2D eigenvalue weighted by atomic mass is 16.8. The van der Waals surface area contributed by atoms with Gasteiger partial charge in [-0.2, -0.15) is 0 Å². The zero-order valence-electron chi connectivity index (χ0n) is 19.6. The second kappa shape index (κ2) is 6.30. The zero-order chi connectivity index (χ0) is 23.8. The summed E-state index contributed by atoms with van der Waals surface area (Å²) >= 11 is 0. The van der Waals surface area contributed by atoms with Crippen LogP contribution in [0.4, 0.5) is 0 Å². The topological polar surface area (TPSA) is 127 Å². The van der Waals surface area contributed by atoms with Gasteiger partial charge in [0, 0.05) is 17.4 Å². The van der Waals surface area contributed by atoms with Crippen LogP contribution in [0.2, 0.25) is 0 Å². The van der Waals surface area contributed by atoms with Crippen LogP contribution >= 0.6 is 0 Å². The molecule has 9 nitrogen and oxygen atoms in total. The van der Waals surface area contributed by atoms with Crippen LogP contribution in [0.25, 0.3) is 0 Å². The first-order valence-corrected chi connectivity index (χ1v) is 12.4. The number of epoxide rings is 3. The molecule has 9 heteroatoms. The van der Waals surface area contributed by atoms with Gasteiger partial charge in [-0.1, -0.05) is 20.8 Å². The first-order valence-electron chi connectivity index (χ1n) is 12.4. The lowest BCUT2D eigenvalue weighted by Gasteiger charge is -2.54. The Hall–Kier alpha value is -1.81. The lowest BCUT2D eigenvalue weighted by molar-refractivity contribution is -0.146. The third-order valence-corrected chi connectivity index (χ3v) is 10.1. The molecule has 5 fully saturated rings. The van der Waals surface area contributed by atoms with Crippen molar-refractivity contribution < 1.29 is 43.2 Å². The molecule has 4 heterocycles. The maximum atomic E-state index is 12.4. The number of carbonyl (C=O) groups is 3. The van der Waals surface area contributed by atoms with Gasteiger partial charge in [-0.15, -0.1) is 0 Å². The van der Waals surface area contributed by atoms with Crippen molar-refractivity contribution in [3.8, 4) is 0 Å². The number of hydrogen-bond acceptors (Lipinski definition) is 8. The van der Waals surface area contributed by atoms with Gasteiger partial charge in [-0.05, 0) is 36.7 Å². The van der Waals surface area contributed by atoms with Gasteiger partial charge in [0.25, 0.3) is 0 Å². The number of ketones is 1.